The average molecular weight is 284 g/mol. The number of carbonyl (C=O) groups excluding carboxylic acids is 1. The van der Waals surface area contributed by atoms with E-state index in [0.29, 0.717) is 0 Å². The predicted octanol–water partition coefficient (Wildman–Crippen LogP) is 2.13. The molecule has 0 radical (unpaired) electrons. The molecule has 0 fully saturated rings. The summed E-state index contributed by atoms with van der Waals surface area (Å²) in [6.07, 6.45) is -0.181. The third-order valence-corrected chi connectivity index (χ3v) is 2.92. The number of carbonyl (C=O) groups is 1. The molecule has 7 heteroatoms. The Kier molecular flexibility index (Phi) is 5.57. The van der Waals surface area contributed by atoms with E-state index in [4.69, 9.17) is 4.74 Å². The summed E-state index contributed by atoms with van der Waals surface area (Å²) in [5.41, 5.74) is -0.620. The van der Waals surface area contributed by atoms with Crippen LogP contribution in [0.15, 0.2) is 18.2 Å². The van der Waals surface area contributed by atoms with Crippen LogP contribution in [0.5, 0.6) is 0 Å². The topological polar surface area (TPSA) is 81.5 Å². The fourth-order valence-corrected chi connectivity index (χ4v) is 1.68. The first-order valence-electron chi connectivity index (χ1n) is 6.11. The molecule has 0 spiro atoms. The van der Waals surface area contributed by atoms with Crippen molar-refractivity contribution in [1.82, 2.24) is 5.32 Å². The van der Waals surface area contributed by atoms with Crippen LogP contribution in [0.3, 0.4) is 0 Å². The Bertz CT molecular complexity index is 505. The number of amides is 1. The Balaban J connectivity index is 2.75. The summed E-state index contributed by atoms with van der Waals surface area (Å²) in [7, 11) is 1.53. The van der Waals surface area contributed by atoms with Crippen molar-refractivity contribution < 1.29 is 18.8 Å². The van der Waals surface area contributed by atoms with Crippen LogP contribution in [0, 0.1) is 21.8 Å². The van der Waals surface area contributed by atoms with Crippen molar-refractivity contribution in [2.75, 3.05) is 13.7 Å². The summed E-state index contributed by atoms with van der Waals surface area (Å²) in [6.45, 7) is 4.11. The minimum Gasteiger partial charge on any atom is -0.379 e. The highest BCUT2D eigenvalue weighted by atomic mass is 19.1. The van der Waals surface area contributed by atoms with Gasteiger partial charge in [-0.2, -0.15) is 0 Å². The van der Waals surface area contributed by atoms with Gasteiger partial charge in [-0.3, -0.25) is 14.9 Å². The van der Waals surface area contributed by atoms with Gasteiger partial charge < -0.3 is 10.1 Å². The molecule has 6 nitrogen and oxygen atoms in total. The lowest BCUT2D eigenvalue weighted by Gasteiger charge is -2.19. The van der Waals surface area contributed by atoms with Crippen molar-refractivity contribution >= 4 is 11.6 Å². The van der Waals surface area contributed by atoms with Gasteiger partial charge in [0, 0.05) is 19.7 Å². The van der Waals surface area contributed by atoms with Gasteiger partial charge in [0.1, 0.15) is 5.82 Å². The van der Waals surface area contributed by atoms with Crippen LogP contribution >= 0.6 is 0 Å². The summed E-state index contributed by atoms with van der Waals surface area (Å²) in [4.78, 5) is 21.6. The number of methoxy groups -OCH3 is 1. The van der Waals surface area contributed by atoms with E-state index in [9.17, 15) is 19.3 Å². The zero-order valence-electron chi connectivity index (χ0n) is 11.6. The Morgan fingerprint density at radius 1 is 1.50 bits per heavy atom. The van der Waals surface area contributed by atoms with Crippen LogP contribution < -0.4 is 5.32 Å². The largest absolute Gasteiger partial charge is 0.379 e. The molecule has 0 aliphatic rings. The van der Waals surface area contributed by atoms with Crippen molar-refractivity contribution in [3.63, 3.8) is 0 Å². The monoisotopic (exact) mass is 284 g/mol. The highest BCUT2D eigenvalue weighted by Gasteiger charge is 2.18. The van der Waals surface area contributed by atoms with Gasteiger partial charge in [0.15, 0.2) is 0 Å². The lowest BCUT2D eigenvalue weighted by atomic mass is 10.1. The van der Waals surface area contributed by atoms with Crippen LogP contribution in [-0.4, -0.2) is 30.6 Å². The molecule has 1 N–H and O–H groups in total. The summed E-state index contributed by atoms with van der Waals surface area (Å²) in [5.74, 6) is -1.35. The standard InChI is InChI=1S/C13H17FN2O4/c1-8(2)12(20-3)7-15-13(17)10-5-4-9(16(18)19)6-11(10)14/h4-6,8,12H,7H2,1-3H3,(H,15,17). The number of non-ortho nitro benzene ring substituents is 1. The second kappa shape index (κ2) is 6.95. The van der Waals surface area contributed by atoms with E-state index in [2.05, 4.69) is 5.32 Å². The summed E-state index contributed by atoms with van der Waals surface area (Å²) in [5, 5.41) is 13.0. The van der Waals surface area contributed by atoms with E-state index < -0.39 is 22.3 Å². The van der Waals surface area contributed by atoms with E-state index in [0.717, 1.165) is 18.2 Å². The fourth-order valence-electron chi connectivity index (χ4n) is 1.68. The normalized spacial score (nSPS) is 12.2. The Labute approximate surface area is 116 Å². The molecule has 0 aromatic heterocycles. The highest BCUT2D eigenvalue weighted by molar-refractivity contribution is 5.94. The Morgan fingerprint density at radius 2 is 2.15 bits per heavy atom. The maximum atomic E-state index is 13.6. The van der Waals surface area contributed by atoms with E-state index in [-0.39, 0.29) is 24.1 Å². The van der Waals surface area contributed by atoms with Crippen LogP contribution in [0.2, 0.25) is 0 Å². The zero-order valence-corrected chi connectivity index (χ0v) is 11.6. The van der Waals surface area contributed by atoms with Crippen LogP contribution in [0.25, 0.3) is 0 Å². The van der Waals surface area contributed by atoms with Crippen molar-refractivity contribution in [2.45, 2.75) is 20.0 Å². The van der Waals surface area contributed by atoms with Crippen LogP contribution in [0.4, 0.5) is 10.1 Å². The molecular weight excluding hydrogens is 267 g/mol. The molecule has 1 amide bonds. The summed E-state index contributed by atoms with van der Waals surface area (Å²) in [6, 6.07) is 2.92. The first-order chi connectivity index (χ1) is 9.36. The molecule has 0 saturated carbocycles. The first-order valence-corrected chi connectivity index (χ1v) is 6.11. The minimum absolute atomic E-state index is 0.181. The van der Waals surface area contributed by atoms with Crippen molar-refractivity contribution in [2.24, 2.45) is 5.92 Å². The highest BCUT2D eigenvalue weighted by Crippen LogP contribution is 2.16. The van der Waals surface area contributed by atoms with Gasteiger partial charge in [0.2, 0.25) is 0 Å². The maximum Gasteiger partial charge on any atom is 0.272 e. The van der Waals surface area contributed by atoms with E-state index in [1.165, 1.54) is 7.11 Å². The lowest BCUT2D eigenvalue weighted by Crippen LogP contribution is -2.36. The molecule has 1 atom stereocenters. The van der Waals surface area contributed by atoms with Gasteiger partial charge in [-0.15, -0.1) is 0 Å². The Morgan fingerprint density at radius 3 is 2.60 bits per heavy atom. The molecular formula is C13H17FN2O4. The lowest BCUT2D eigenvalue weighted by molar-refractivity contribution is -0.385. The van der Waals surface area contributed by atoms with Gasteiger partial charge in [-0.25, -0.2) is 4.39 Å². The molecule has 0 heterocycles. The molecule has 20 heavy (non-hydrogen) atoms. The number of ether oxygens (including phenoxy) is 1. The van der Waals surface area contributed by atoms with Crippen LogP contribution in [0.1, 0.15) is 24.2 Å². The van der Waals surface area contributed by atoms with E-state index in [1.54, 1.807) is 0 Å². The van der Waals surface area contributed by atoms with Gasteiger partial charge in [-0.1, -0.05) is 13.8 Å². The van der Waals surface area contributed by atoms with Gasteiger partial charge in [0.05, 0.1) is 22.7 Å². The third-order valence-electron chi connectivity index (χ3n) is 2.92. The van der Waals surface area contributed by atoms with Gasteiger partial charge >= 0.3 is 0 Å². The third kappa shape index (κ3) is 3.99. The molecule has 110 valence electrons. The fraction of sp³-hybridized carbons (Fsp3) is 0.462. The molecule has 1 aromatic rings. The molecule has 0 aliphatic heterocycles. The molecule has 0 saturated heterocycles. The second-order valence-corrected chi connectivity index (χ2v) is 4.65. The summed E-state index contributed by atoms with van der Waals surface area (Å²) < 4.78 is 18.8. The SMILES string of the molecule is COC(CNC(=O)c1ccc([N+](=O)[O-])cc1F)C(C)C. The predicted molar refractivity (Wildman–Crippen MR) is 71.0 cm³/mol. The molecule has 0 bridgehead atoms. The number of halogens is 1. The number of benzene rings is 1. The molecule has 0 aliphatic carbocycles. The van der Waals surface area contributed by atoms with E-state index >= 15 is 0 Å². The average Bonchev–Trinajstić information content (AvgIpc) is 2.38. The van der Waals surface area contributed by atoms with Gasteiger partial charge in [0.25, 0.3) is 11.6 Å². The van der Waals surface area contributed by atoms with Crippen molar-refractivity contribution in [3.8, 4) is 0 Å². The second-order valence-electron chi connectivity index (χ2n) is 4.65. The smallest absolute Gasteiger partial charge is 0.272 e. The van der Waals surface area contributed by atoms with E-state index in [1.807, 2.05) is 13.8 Å². The number of hydrogen-bond donors (Lipinski definition) is 1. The first kappa shape index (κ1) is 16.0. The molecule has 1 unspecified atom stereocenters. The number of hydrogen-bond acceptors (Lipinski definition) is 4. The minimum atomic E-state index is -0.921. The number of nitro groups is 1. The maximum absolute atomic E-state index is 13.6. The number of rotatable bonds is 6. The quantitative estimate of drug-likeness (QED) is 0.641. The summed E-state index contributed by atoms with van der Waals surface area (Å²) >= 11 is 0. The number of nitro benzene ring substituents is 1. The number of nitrogens with one attached hydrogen (secondary N) is 1. The Hall–Kier alpha value is -2.02. The van der Waals surface area contributed by atoms with Gasteiger partial charge in [-0.05, 0) is 12.0 Å². The molecule has 1 rings (SSSR count). The van der Waals surface area contributed by atoms with Crippen molar-refractivity contribution in [1.29, 1.82) is 0 Å². The number of nitrogens with zero attached hydrogens (tertiary/aromatic N) is 1. The zero-order chi connectivity index (χ0) is 15.3. The van der Waals surface area contributed by atoms with Crippen LogP contribution in [-0.2, 0) is 4.74 Å². The van der Waals surface area contributed by atoms with Crippen molar-refractivity contribution in [3.05, 3.63) is 39.7 Å². The molecule has 1 aromatic carbocycles.